The first-order chi connectivity index (χ1) is 10.0. The summed E-state index contributed by atoms with van der Waals surface area (Å²) in [4.78, 5) is 10.7. The summed E-state index contributed by atoms with van der Waals surface area (Å²) in [7, 11) is -3.84. The summed E-state index contributed by atoms with van der Waals surface area (Å²) in [6.07, 6.45) is 3.05. The molecular weight excluding hydrogens is 294 g/mol. The van der Waals surface area contributed by atoms with Gasteiger partial charge < -0.3 is 10.1 Å². The standard InChI is InChI=1S/C13H19N3O4S/c14-21(18,19)11-3-4-12(13(8-11)16-17)15-9-10-2-1-6-20-7-5-10/h3-4,8,10,15H,1-2,5-7,9H2,(H2,14,18,19)/t10-/m0/s1. The Bertz CT molecular complexity index is 595. The molecule has 0 unspecified atom stereocenters. The van der Waals surface area contributed by atoms with Gasteiger partial charge in [-0.2, -0.15) is 0 Å². The van der Waals surface area contributed by atoms with Gasteiger partial charge in [-0.25, -0.2) is 13.6 Å². The number of ether oxygens (including phenoxy) is 1. The molecule has 116 valence electrons. The molecule has 0 aromatic heterocycles. The topological polar surface area (TPSA) is 111 Å². The van der Waals surface area contributed by atoms with Crippen LogP contribution < -0.4 is 10.5 Å². The molecule has 0 spiro atoms. The summed E-state index contributed by atoms with van der Waals surface area (Å²) in [6, 6.07) is 4.06. The molecule has 0 saturated carbocycles. The predicted molar refractivity (Wildman–Crippen MR) is 79.9 cm³/mol. The lowest BCUT2D eigenvalue weighted by Gasteiger charge is -2.16. The Hall–Kier alpha value is -1.51. The highest BCUT2D eigenvalue weighted by atomic mass is 32.2. The molecular formula is C13H19N3O4S. The van der Waals surface area contributed by atoms with E-state index in [9.17, 15) is 13.3 Å². The predicted octanol–water partition coefficient (Wildman–Crippen LogP) is 1.96. The Morgan fingerprint density at radius 2 is 2.14 bits per heavy atom. The number of anilines is 1. The van der Waals surface area contributed by atoms with Gasteiger partial charge in [-0.15, -0.1) is 4.91 Å². The van der Waals surface area contributed by atoms with Crippen LogP contribution in [0, 0.1) is 10.8 Å². The summed E-state index contributed by atoms with van der Waals surface area (Å²) < 4.78 is 27.9. The minimum absolute atomic E-state index is 0.0476. The van der Waals surface area contributed by atoms with E-state index >= 15 is 0 Å². The van der Waals surface area contributed by atoms with Crippen LogP contribution in [0.5, 0.6) is 0 Å². The van der Waals surface area contributed by atoms with E-state index in [0.717, 1.165) is 32.5 Å². The van der Waals surface area contributed by atoms with Crippen molar-refractivity contribution in [2.45, 2.75) is 24.2 Å². The number of primary sulfonamides is 1. The van der Waals surface area contributed by atoms with E-state index in [0.29, 0.717) is 18.2 Å². The fourth-order valence-electron chi connectivity index (χ4n) is 2.34. The van der Waals surface area contributed by atoms with Gasteiger partial charge in [0.15, 0.2) is 0 Å². The molecule has 1 aromatic carbocycles. The van der Waals surface area contributed by atoms with E-state index in [1.807, 2.05) is 0 Å². The average molecular weight is 313 g/mol. The lowest BCUT2D eigenvalue weighted by Crippen LogP contribution is -2.15. The quantitative estimate of drug-likeness (QED) is 0.807. The van der Waals surface area contributed by atoms with E-state index in [1.54, 1.807) is 0 Å². The zero-order valence-electron chi connectivity index (χ0n) is 11.6. The molecule has 3 N–H and O–H groups in total. The summed E-state index contributed by atoms with van der Waals surface area (Å²) in [5.41, 5.74) is 0.564. The molecule has 1 atom stereocenters. The molecule has 8 heteroatoms. The molecule has 0 aliphatic carbocycles. The molecule has 1 aromatic rings. The van der Waals surface area contributed by atoms with Gasteiger partial charge in [0.2, 0.25) is 10.0 Å². The summed E-state index contributed by atoms with van der Waals surface area (Å²) >= 11 is 0. The normalized spacial score (nSPS) is 19.8. The Balaban J connectivity index is 2.07. The Morgan fingerprint density at radius 1 is 1.33 bits per heavy atom. The number of nitroso groups, excluding NO2 is 1. The van der Waals surface area contributed by atoms with Crippen LogP contribution in [0.4, 0.5) is 11.4 Å². The van der Waals surface area contributed by atoms with E-state index in [1.165, 1.54) is 18.2 Å². The highest BCUT2D eigenvalue weighted by Crippen LogP contribution is 2.28. The largest absolute Gasteiger partial charge is 0.383 e. The van der Waals surface area contributed by atoms with Crippen LogP contribution in [0.1, 0.15) is 19.3 Å². The maximum absolute atomic E-state index is 11.3. The number of nitrogens with one attached hydrogen (secondary N) is 1. The lowest BCUT2D eigenvalue weighted by atomic mass is 10.0. The lowest BCUT2D eigenvalue weighted by molar-refractivity contribution is 0.142. The second-order valence-electron chi connectivity index (χ2n) is 5.11. The van der Waals surface area contributed by atoms with Gasteiger partial charge in [-0.1, -0.05) is 0 Å². The van der Waals surface area contributed by atoms with Gasteiger partial charge >= 0.3 is 0 Å². The number of rotatable bonds is 5. The van der Waals surface area contributed by atoms with Crippen LogP contribution in [0.3, 0.4) is 0 Å². The zero-order chi connectivity index (χ0) is 15.3. The molecule has 1 saturated heterocycles. The van der Waals surface area contributed by atoms with Gasteiger partial charge in [0.1, 0.15) is 5.69 Å². The van der Waals surface area contributed by atoms with Crippen LogP contribution in [0.15, 0.2) is 28.3 Å². The molecule has 2 rings (SSSR count). The SMILES string of the molecule is NS(=O)(=O)c1ccc(NC[C@H]2CCCOCC2)c(N=O)c1. The minimum atomic E-state index is -3.84. The smallest absolute Gasteiger partial charge is 0.238 e. The van der Waals surface area contributed by atoms with Gasteiger partial charge in [0, 0.05) is 19.8 Å². The molecule has 1 aliphatic heterocycles. The number of hydrogen-bond acceptors (Lipinski definition) is 6. The van der Waals surface area contributed by atoms with Crippen molar-refractivity contribution >= 4 is 21.4 Å². The molecule has 21 heavy (non-hydrogen) atoms. The first-order valence-electron chi connectivity index (χ1n) is 6.82. The van der Waals surface area contributed by atoms with Gasteiger partial charge in [-0.05, 0) is 48.6 Å². The van der Waals surface area contributed by atoms with Crippen molar-refractivity contribution in [3.63, 3.8) is 0 Å². The van der Waals surface area contributed by atoms with Crippen LogP contribution in [0.2, 0.25) is 0 Å². The van der Waals surface area contributed by atoms with Crippen LogP contribution in [-0.4, -0.2) is 28.2 Å². The highest BCUT2D eigenvalue weighted by Gasteiger charge is 2.15. The summed E-state index contributed by atoms with van der Waals surface area (Å²) in [6.45, 7) is 2.23. The monoisotopic (exact) mass is 313 g/mol. The van der Waals surface area contributed by atoms with E-state index in [4.69, 9.17) is 9.88 Å². The number of sulfonamides is 1. The third kappa shape index (κ3) is 4.48. The zero-order valence-corrected chi connectivity index (χ0v) is 12.4. The Labute approximate surface area is 123 Å². The number of nitrogens with two attached hydrogens (primary N) is 1. The van der Waals surface area contributed by atoms with E-state index < -0.39 is 10.0 Å². The third-order valence-corrected chi connectivity index (χ3v) is 4.46. The van der Waals surface area contributed by atoms with Gasteiger partial charge in [0.05, 0.1) is 10.6 Å². The van der Waals surface area contributed by atoms with E-state index in [2.05, 4.69) is 10.5 Å². The van der Waals surface area contributed by atoms with Crippen molar-refractivity contribution in [2.75, 3.05) is 25.1 Å². The second-order valence-corrected chi connectivity index (χ2v) is 6.67. The van der Waals surface area contributed by atoms with Crippen molar-refractivity contribution in [3.05, 3.63) is 23.1 Å². The molecule has 1 heterocycles. The minimum Gasteiger partial charge on any atom is -0.383 e. The van der Waals surface area contributed by atoms with Crippen molar-refractivity contribution in [1.29, 1.82) is 0 Å². The van der Waals surface area contributed by atoms with Crippen LogP contribution >= 0.6 is 0 Å². The molecule has 0 radical (unpaired) electrons. The van der Waals surface area contributed by atoms with Crippen LogP contribution in [-0.2, 0) is 14.8 Å². The fourth-order valence-corrected chi connectivity index (χ4v) is 2.88. The average Bonchev–Trinajstić information content (AvgIpc) is 2.72. The Morgan fingerprint density at radius 3 is 2.86 bits per heavy atom. The highest BCUT2D eigenvalue weighted by molar-refractivity contribution is 7.89. The van der Waals surface area contributed by atoms with Gasteiger partial charge in [-0.3, -0.25) is 0 Å². The molecule has 0 bridgehead atoms. The molecule has 1 aliphatic rings. The first-order valence-corrected chi connectivity index (χ1v) is 8.37. The maximum atomic E-state index is 11.3. The van der Waals surface area contributed by atoms with Crippen LogP contribution in [0.25, 0.3) is 0 Å². The molecule has 1 fully saturated rings. The van der Waals surface area contributed by atoms with Gasteiger partial charge in [0.25, 0.3) is 0 Å². The first kappa shape index (κ1) is 15.9. The Kier molecular flexibility index (Phi) is 5.27. The molecule has 7 nitrogen and oxygen atoms in total. The number of benzene rings is 1. The third-order valence-electron chi connectivity index (χ3n) is 3.55. The van der Waals surface area contributed by atoms with Crippen molar-refractivity contribution in [2.24, 2.45) is 16.2 Å². The van der Waals surface area contributed by atoms with E-state index in [-0.39, 0.29) is 10.6 Å². The number of hydrogen-bond donors (Lipinski definition) is 2. The van der Waals surface area contributed by atoms with Crippen molar-refractivity contribution < 1.29 is 13.2 Å². The fraction of sp³-hybridized carbons (Fsp3) is 0.538. The molecule has 0 amide bonds. The number of nitrogens with zero attached hydrogens (tertiary/aromatic N) is 1. The summed E-state index contributed by atoms with van der Waals surface area (Å²) in [5.74, 6) is 0.463. The maximum Gasteiger partial charge on any atom is 0.238 e. The van der Waals surface area contributed by atoms with Crippen molar-refractivity contribution in [1.82, 2.24) is 0 Å². The summed E-state index contributed by atoms with van der Waals surface area (Å²) in [5, 5.41) is 11.1. The van der Waals surface area contributed by atoms with Crippen molar-refractivity contribution in [3.8, 4) is 0 Å². The second kappa shape index (κ2) is 6.97.